The molecule has 0 saturated heterocycles. The molecule has 0 fully saturated rings. The SMILES string of the molecule is CC[O-].[Ag+]. The van der Waals surface area contributed by atoms with Gasteiger partial charge in [-0.2, -0.15) is 0 Å². The Morgan fingerprint density at radius 2 is 1.75 bits per heavy atom. The van der Waals surface area contributed by atoms with Gasteiger partial charge in [0.2, 0.25) is 0 Å². The number of hydrogen-bond acceptors (Lipinski definition) is 1. The normalized spacial score (nSPS) is 4.50. The van der Waals surface area contributed by atoms with Crippen LogP contribution in [0.3, 0.4) is 0 Å². The average molecular weight is 153 g/mol. The maximum absolute atomic E-state index is 8.93. The minimum absolute atomic E-state index is 0. The van der Waals surface area contributed by atoms with Gasteiger partial charge in [0.05, 0.1) is 0 Å². The van der Waals surface area contributed by atoms with Gasteiger partial charge in [-0.3, -0.25) is 0 Å². The van der Waals surface area contributed by atoms with Crippen LogP contribution in [0.15, 0.2) is 0 Å². The van der Waals surface area contributed by atoms with Crippen molar-refractivity contribution in [2.75, 3.05) is 6.61 Å². The predicted molar refractivity (Wildman–Crippen MR) is 10.5 cm³/mol. The zero-order valence-corrected chi connectivity index (χ0v) is 3.90. The zero-order chi connectivity index (χ0) is 2.71. The number of hydrogen-bond donors (Lipinski definition) is 0. The molecule has 0 aromatic carbocycles. The van der Waals surface area contributed by atoms with Gasteiger partial charge in [0.1, 0.15) is 0 Å². The summed E-state index contributed by atoms with van der Waals surface area (Å²) in [5.41, 5.74) is 0. The monoisotopic (exact) mass is 152 g/mol. The first-order valence-corrected chi connectivity index (χ1v) is 0.996. The maximum Gasteiger partial charge on any atom is 1.00 e. The van der Waals surface area contributed by atoms with E-state index in [-0.39, 0.29) is 29.0 Å². The Labute approximate surface area is 41.5 Å². The molecule has 0 aliphatic carbocycles. The number of rotatable bonds is 0. The van der Waals surface area contributed by atoms with Crippen LogP contribution in [0.4, 0.5) is 0 Å². The Kier molecular flexibility index (Phi) is 20.6. The molecular weight excluding hydrogens is 148 g/mol. The minimum atomic E-state index is 0. The summed E-state index contributed by atoms with van der Waals surface area (Å²) in [4.78, 5) is 0. The van der Waals surface area contributed by atoms with Crippen molar-refractivity contribution in [2.24, 2.45) is 0 Å². The zero-order valence-electron chi connectivity index (χ0n) is 2.42. The van der Waals surface area contributed by atoms with Gasteiger partial charge < -0.3 is 5.11 Å². The molecule has 4 heavy (non-hydrogen) atoms. The third kappa shape index (κ3) is 15.9. The predicted octanol–water partition coefficient (Wildman–Crippen LogP) is -0.636. The van der Waals surface area contributed by atoms with Gasteiger partial charge in [-0.25, -0.2) is 0 Å². The van der Waals surface area contributed by atoms with E-state index in [0.717, 1.165) is 0 Å². The van der Waals surface area contributed by atoms with Gasteiger partial charge in [0.15, 0.2) is 0 Å². The van der Waals surface area contributed by atoms with E-state index in [4.69, 9.17) is 5.11 Å². The van der Waals surface area contributed by atoms with E-state index in [2.05, 4.69) is 0 Å². The fourth-order valence-corrected chi connectivity index (χ4v) is 0. The van der Waals surface area contributed by atoms with Gasteiger partial charge in [0, 0.05) is 0 Å². The summed E-state index contributed by atoms with van der Waals surface area (Å²) in [6.45, 7) is 1.57. The van der Waals surface area contributed by atoms with Crippen molar-refractivity contribution in [2.45, 2.75) is 6.92 Å². The fraction of sp³-hybridized carbons (Fsp3) is 1.00. The summed E-state index contributed by atoms with van der Waals surface area (Å²) in [7, 11) is 0. The second-order valence-electron chi connectivity index (χ2n) is 0.289. The van der Waals surface area contributed by atoms with E-state index < -0.39 is 0 Å². The Morgan fingerprint density at radius 1 is 1.75 bits per heavy atom. The first-order valence-electron chi connectivity index (χ1n) is 0.996. The Hall–Kier alpha value is 0.700. The van der Waals surface area contributed by atoms with E-state index in [0.29, 0.717) is 0 Å². The molecule has 0 N–H and O–H groups in total. The molecule has 0 unspecified atom stereocenters. The fourth-order valence-electron chi connectivity index (χ4n) is 0. The van der Waals surface area contributed by atoms with Crippen LogP contribution in [-0.4, -0.2) is 6.61 Å². The topological polar surface area (TPSA) is 23.1 Å². The third-order valence-electron chi connectivity index (χ3n) is 0. The molecule has 0 atom stereocenters. The van der Waals surface area contributed by atoms with Crippen LogP contribution in [0.5, 0.6) is 0 Å². The molecule has 0 saturated carbocycles. The Morgan fingerprint density at radius 3 is 1.75 bits per heavy atom. The first-order chi connectivity index (χ1) is 1.41. The quantitative estimate of drug-likeness (QED) is 0.424. The van der Waals surface area contributed by atoms with E-state index in [1.54, 1.807) is 6.92 Å². The van der Waals surface area contributed by atoms with Crippen LogP contribution in [-0.2, 0) is 22.4 Å². The molecule has 0 radical (unpaired) electrons. The van der Waals surface area contributed by atoms with Crippen LogP contribution in [0, 0.1) is 0 Å². The van der Waals surface area contributed by atoms with Crippen LogP contribution in [0.2, 0.25) is 0 Å². The second kappa shape index (κ2) is 9.33. The van der Waals surface area contributed by atoms with E-state index in [1.165, 1.54) is 0 Å². The van der Waals surface area contributed by atoms with Crippen molar-refractivity contribution in [1.29, 1.82) is 0 Å². The molecule has 0 rings (SSSR count). The second-order valence-corrected chi connectivity index (χ2v) is 0.289. The third-order valence-corrected chi connectivity index (χ3v) is 0. The molecule has 0 aliphatic heterocycles. The molecule has 0 aliphatic rings. The first kappa shape index (κ1) is 8.83. The van der Waals surface area contributed by atoms with Gasteiger partial charge in [-0.1, -0.05) is 6.92 Å². The summed E-state index contributed by atoms with van der Waals surface area (Å²) in [5.74, 6) is 0. The van der Waals surface area contributed by atoms with Crippen molar-refractivity contribution in [1.82, 2.24) is 0 Å². The molecule has 0 amide bonds. The molecule has 0 heterocycles. The molecule has 2 heteroatoms. The van der Waals surface area contributed by atoms with Crippen molar-refractivity contribution in [3.05, 3.63) is 0 Å². The van der Waals surface area contributed by atoms with Crippen molar-refractivity contribution < 1.29 is 27.5 Å². The van der Waals surface area contributed by atoms with Crippen LogP contribution >= 0.6 is 0 Å². The molecule has 0 aromatic heterocycles. The summed E-state index contributed by atoms with van der Waals surface area (Å²) >= 11 is 0. The maximum atomic E-state index is 8.93. The van der Waals surface area contributed by atoms with Crippen LogP contribution in [0.1, 0.15) is 6.92 Å². The summed E-state index contributed by atoms with van der Waals surface area (Å²) in [6, 6.07) is 0. The Balaban J connectivity index is 0. The average Bonchev–Trinajstić information content (AvgIpc) is 0.918. The molecular formula is C2H5AgO. The van der Waals surface area contributed by atoms with Gasteiger partial charge in [0.25, 0.3) is 0 Å². The van der Waals surface area contributed by atoms with E-state index in [1.807, 2.05) is 0 Å². The smallest absolute Gasteiger partial charge is 0.855 e. The summed E-state index contributed by atoms with van der Waals surface area (Å²) in [6.07, 6.45) is 0. The van der Waals surface area contributed by atoms with Gasteiger partial charge in [-0.15, -0.1) is 6.61 Å². The molecule has 30 valence electrons. The molecule has 0 spiro atoms. The van der Waals surface area contributed by atoms with Crippen LogP contribution in [0.25, 0.3) is 0 Å². The largest absolute Gasteiger partial charge is 1.00 e. The molecule has 0 bridgehead atoms. The van der Waals surface area contributed by atoms with Crippen LogP contribution < -0.4 is 5.11 Å². The molecule has 1 nitrogen and oxygen atoms in total. The summed E-state index contributed by atoms with van der Waals surface area (Å²) < 4.78 is 0. The van der Waals surface area contributed by atoms with Crippen molar-refractivity contribution >= 4 is 0 Å². The Bertz CT molecular complexity index is 6.00. The van der Waals surface area contributed by atoms with Crippen molar-refractivity contribution in [3.8, 4) is 0 Å². The van der Waals surface area contributed by atoms with Crippen molar-refractivity contribution in [3.63, 3.8) is 0 Å². The molecule has 0 aromatic rings. The van der Waals surface area contributed by atoms with E-state index >= 15 is 0 Å². The minimum Gasteiger partial charge on any atom is -0.855 e. The standard InChI is InChI=1S/C2H5O.Ag/c1-2-3;/h2H2,1H3;/q-1;+1. The summed E-state index contributed by atoms with van der Waals surface area (Å²) in [5, 5.41) is 8.93. The van der Waals surface area contributed by atoms with E-state index in [9.17, 15) is 0 Å². The van der Waals surface area contributed by atoms with Gasteiger partial charge in [-0.05, 0) is 0 Å². The van der Waals surface area contributed by atoms with Gasteiger partial charge >= 0.3 is 22.4 Å².